The van der Waals surface area contributed by atoms with Gasteiger partial charge in [0.1, 0.15) is 5.76 Å². The number of hydrogen-bond acceptors (Lipinski definition) is 3. The minimum atomic E-state index is 0.0879. The second-order valence-electron chi connectivity index (χ2n) is 5.79. The molecule has 0 radical (unpaired) electrons. The average molecular weight is 299 g/mol. The molecule has 0 saturated heterocycles. The van der Waals surface area contributed by atoms with Gasteiger partial charge in [-0.1, -0.05) is 12.1 Å². The van der Waals surface area contributed by atoms with E-state index in [2.05, 4.69) is 38.3 Å². The molecule has 0 aliphatic heterocycles. The van der Waals surface area contributed by atoms with Crippen LogP contribution in [0, 0.1) is 20.8 Å². The third-order valence-corrected chi connectivity index (χ3v) is 4.18. The molecule has 118 valence electrons. The van der Waals surface area contributed by atoms with Crippen molar-refractivity contribution in [1.29, 1.82) is 0 Å². The van der Waals surface area contributed by atoms with E-state index >= 15 is 0 Å². The van der Waals surface area contributed by atoms with Crippen LogP contribution < -0.4 is 0 Å². The van der Waals surface area contributed by atoms with Gasteiger partial charge in [-0.25, -0.2) is 0 Å². The van der Waals surface area contributed by atoms with E-state index in [0.717, 1.165) is 36.5 Å². The summed E-state index contributed by atoms with van der Waals surface area (Å²) in [4.78, 5) is 2.29. The highest BCUT2D eigenvalue weighted by atomic mass is 16.3. The van der Waals surface area contributed by atoms with E-state index in [1.807, 2.05) is 18.2 Å². The van der Waals surface area contributed by atoms with Crippen LogP contribution in [0.4, 0.5) is 0 Å². The van der Waals surface area contributed by atoms with E-state index in [1.54, 1.807) is 6.26 Å². The molecular formula is C19H25NO2. The van der Waals surface area contributed by atoms with E-state index < -0.39 is 0 Å². The minimum absolute atomic E-state index is 0.0879. The standard InChI is InChI=1S/C19H25NO2/c1-5-8-20(11-17-7-6-9-22-17)12-18-14(2)10-15(3)19(13-21)16(18)4/h5-7,9-10,21H,1,8,11-13H2,2-4H3. The number of hydrogen-bond donors (Lipinski definition) is 1. The number of aliphatic hydroxyl groups excluding tert-OH is 1. The molecule has 22 heavy (non-hydrogen) atoms. The summed E-state index contributed by atoms with van der Waals surface area (Å²) in [5.41, 5.74) is 5.93. The molecule has 3 nitrogen and oxygen atoms in total. The summed E-state index contributed by atoms with van der Waals surface area (Å²) in [5.74, 6) is 0.951. The van der Waals surface area contributed by atoms with E-state index in [4.69, 9.17) is 4.42 Å². The first-order valence-electron chi connectivity index (χ1n) is 7.61. The van der Waals surface area contributed by atoms with Crippen LogP contribution in [0.2, 0.25) is 0 Å². The first-order valence-corrected chi connectivity index (χ1v) is 7.61. The largest absolute Gasteiger partial charge is 0.468 e. The van der Waals surface area contributed by atoms with Gasteiger partial charge in [-0.05, 0) is 60.7 Å². The van der Waals surface area contributed by atoms with Crippen LogP contribution in [0.5, 0.6) is 0 Å². The van der Waals surface area contributed by atoms with Gasteiger partial charge in [-0.3, -0.25) is 4.90 Å². The number of aliphatic hydroxyl groups is 1. The average Bonchev–Trinajstić information content (AvgIpc) is 2.96. The van der Waals surface area contributed by atoms with Gasteiger partial charge in [-0.15, -0.1) is 6.58 Å². The predicted molar refractivity (Wildman–Crippen MR) is 89.6 cm³/mol. The lowest BCUT2D eigenvalue weighted by Crippen LogP contribution is -2.24. The summed E-state index contributed by atoms with van der Waals surface area (Å²) in [5, 5.41) is 9.61. The summed E-state index contributed by atoms with van der Waals surface area (Å²) < 4.78 is 5.46. The topological polar surface area (TPSA) is 36.6 Å². The number of nitrogens with zero attached hydrogens (tertiary/aromatic N) is 1. The molecule has 0 amide bonds. The fourth-order valence-electron chi connectivity index (χ4n) is 2.97. The fourth-order valence-corrected chi connectivity index (χ4v) is 2.97. The van der Waals surface area contributed by atoms with Crippen LogP contribution >= 0.6 is 0 Å². The van der Waals surface area contributed by atoms with Crippen molar-refractivity contribution in [2.45, 2.75) is 40.5 Å². The molecule has 0 fully saturated rings. The zero-order chi connectivity index (χ0) is 16.1. The van der Waals surface area contributed by atoms with Gasteiger partial charge in [0.2, 0.25) is 0 Å². The van der Waals surface area contributed by atoms with Crippen molar-refractivity contribution >= 4 is 0 Å². The molecule has 0 saturated carbocycles. The molecular weight excluding hydrogens is 274 g/mol. The molecule has 0 bridgehead atoms. The Balaban J connectivity index is 2.27. The second-order valence-corrected chi connectivity index (χ2v) is 5.79. The summed E-state index contributed by atoms with van der Waals surface area (Å²) in [6, 6.07) is 6.06. The molecule has 1 aromatic heterocycles. The number of benzene rings is 1. The van der Waals surface area contributed by atoms with Crippen LogP contribution in [-0.4, -0.2) is 16.6 Å². The lowest BCUT2D eigenvalue weighted by atomic mass is 9.93. The Labute approximate surface area is 132 Å². The normalized spacial score (nSPS) is 11.1. The number of aryl methyl sites for hydroxylation is 2. The summed E-state index contributed by atoms with van der Waals surface area (Å²) in [7, 11) is 0. The highest BCUT2D eigenvalue weighted by Gasteiger charge is 2.14. The van der Waals surface area contributed by atoms with Crippen molar-refractivity contribution in [3.8, 4) is 0 Å². The SMILES string of the molecule is C=CCN(Cc1ccco1)Cc1c(C)cc(C)c(CO)c1C. The molecule has 3 heteroatoms. The maximum atomic E-state index is 9.61. The monoisotopic (exact) mass is 299 g/mol. The van der Waals surface area contributed by atoms with E-state index in [-0.39, 0.29) is 6.61 Å². The van der Waals surface area contributed by atoms with Crippen LogP contribution in [0.1, 0.15) is 33.6 Å². The molecule has 1 heterocycles. The van der Waals surface area contributed by atoms with Crippen LogP contribution in [0.3, 0.4) is 0 Å². The quantitative estimate of drug-likeness (QED) is 0.788. The van der Waals surface area contributed by atoms with Gasteiger partial charge in [0, 0.05) is 13.1 Å². The lowest BCUT2D eigenvalue weighted by molar-refractivity contribution is 0.258. The van der Waals surface area contributed by atoms with Gasteiger partial charge in [0.05, 0.1) is 19.4 Å². The Kier molecular flexibility index (Phi) is 5.58. The zero-order valence-corrected chi connectivity index (χ0v) is 13.7. The van der Waals surface area contributed by atoms with Gasteiger partial charge in [0.15, 0.2) is 0 Å². The van der Waals surface area contributed by atoms with E-state index in [0.29, 0.717) is 0 Å². The van der Waals surface area contributed by atoms with Crippen molar-refractivity contribution in [3.63, 3.8) is 0 Å². The van der Waals surface area contributed by atoms with Crippen LogP contribution in [0.25, 0.3) is 0 Å². The highest BCUT2D eigenvalue weighted by molar-refractivity contribution is 5.44. The van der Waals surface area contributed by atoms with Gasteiger partial charge in [-0.2, -0.15) is 0 Å². The Morgan fingerprint density at radius 3 is 2.50 bits per heavy atom. The first-order chi connectivity index (χ1) is 10.6. The summed E-state index contributed by atoms with van der Waals surface area (Å²) >= 11 is 0. The Morgan fingerprint density at radius 1 is 1.18 bits per heavy atom. The number of rotatable bonds is 7. The Morgan fingerprint density at radius 2 is 1.91 bits per heavy atom. The molecule has 0 spiro atoms. The Bertz CT molecular complexity index is 629. The maximum absolute atomic E-state index is 9.61. The van der Waals surface area contributed by atoms with Crippen LogP contribution in [0.15, 0.2) is 41.5 Å². The van der Waals surface area contributed by atoms with Crippen molar-refractivity contribution < 1.29 is 9.52 Å². The molecule has 2 aromatic rings. The lowest BCUT2D eigenvalue weighted by Gasteiger charge is -2.24. The molecule has 1 N–H and O–H groups in total. The molecule has 1 aromatic carbocycles. The van der Waals surface area contributed by atoms with E-state index in [1.165, 1.54) is 16.7 Å². The second kappa shape index (κ2) is 7.43. The molecule has 0 aliphatic carbocycles. The maximum Gasteiger partial charge on any atom is 0.117 e. The molecule has 0 unspecified atom stereocenters. The van der Waals surface area contributed by atoms with Gasteiger partial charge >= 0.3 is 0 Å². The zero-order valence-electron chi connectivity index (χ0n) is 13.7. The molecule has 2 rings (SSSR count). The third-order valence-electron chi connectivity index (χ3n) is 4.18. The Hall–Kier alpha value is -1.84. The van der Waals surface area contributed by atoms with Gasteiger partial charge < -0.3 is 9.52 Å². The highest BCUT2D eigenvalue weighted by Crippen LogP contribution is 2.24. The van der Waals surface area contributed by atoms with Gasteiger partial charge in [0.25, 0.3) is 0 Å². The van der Waals surface area contributed by atoms with Crippen LogP contribution in [-0.2, 0) is 19.7 Å². The third kappa shape index (κ3) is 3.67. The first kappa shape index (κ1) is 16.5. The summed E-state index contributed by atoms with van der Waals surface area (Å²) in [6.45, 7) is 12.6. The minimum Gasteiger partial charge on any atom is -0.468 e. The fraction of sp³-hybridized carbons (Fsp3) is 0.368. The number of furan rings is 1. The van der Waals surface area contributed by atoms with Crippen molar-refractivity contribution in [1.82, 2.24) is 4.90 Å². The van der Waals surface area contributed by atoms with Crippen molar-refractivity contribution in [2.24, 2.45) is 0 Å². The summed E-state index contributed by atoms with van der Waals surface area (Å²) in [6.07, 6.45) is 3.61. The van der Waals surface area contributed by atoms with E-state index in [9.17, 15) is 5.11 Å². The molecule has 0 atom stereocenters. The predicted octanol–water partition coefficient (Wildman–Crippen LogP) is 3.89. The van der Waals surface area contributed by atoms with Crippen molar-refractivity contribution in [2.75, 3.05) is 6.54 Å². The smallest absolute Gasteiger partial charge is 0.117 e. The molecule has 0 aliphatic rings. The van der Waals surface area contributed by atoms with Crippen molar-refractivity contribution in [3.05, 3.63) is 70.7 Å².